The average molecular weight is 293 g/mol. The van der Waals surface area contributed by atoms with Crippen LogP contribution in [0.2, 0.25) is 0 Å². The van der Waals surface area contributed by atoms with Crippen LogP contribution in [0.25, 0.3) is 0 Å². The highest BCUT2D eigenvalue weighted by Gasteiger charge is 2.00. The van der Waals surface area contributed by atoms with E-state index < -0.39 is 0 Å². The summed E-state index contributed by atoms with van der Waals surface area (Å²) in [6, 6.07) is 1.65. The van der Waals surface area contributed by atoms with E-state index in [1.165, 1.54) is 44.9 Å². The van der Waals surface area contributed by atoms with E-state index in [1.807, 2.05) is 0 Å². The summed E-state index contributed by atoms with van der Waals surface area (Å²) in [6.07, 6.45) is 13.0. The van der Waals surface area contributed by atoms with E-state index >= 15 is 0 Å². The number of hydrogen-bond acceptors (Lipinski definition) is 3. The van der Waals surface area contributed by atoms with Gasteiger partial charge in [-0.3, -0.25) is 4.79 Å². The van der Waals surface area contributed by atoms with Crippen LogP contribution in [0.15, 0.2) is 17.1 Å². The van der Waals surface area contributed by atoms with Gasteiger partial charge in [0.15, 0.2) is 0 Å². The summed E-state index contributed by atoms with van der Waals surface area (Å²) in [5.41, 5.74) is 0.827. The molecule has 1 N–H and O–H groups in total. The Morgan fingerprint density at radius 1 is 1.00 bits per heavy atom. The van der Waals surface area contributed by atoms with E-state index in [4.69, 9.17) is 0 Å². The lowest BCUT2D eigenvalue weighted by Crippen LogP contribution is -2.22. The minimum atomic E-state index is -0.000881. The van der Waals surface area contributed by atoms with E-state index in [0.29, 0.717) is 0 Å². The fraction of sp³-hybridized carbons (Fsp3) is 0.765. The zero-order valence-electron chi connectivity index (χ0n) is 13.7. The Bertz CT molecular complexity index is 428. The van der Waals surface area contributed by atoms with Crippen molar-refractivity contribution in [3.63, 3.8) is 0 Å². The predicted molar refractivity (Wildman–Crippen MR) is 89.9 cm³/mol. The Hall–Kier alpha value is -1.32. The number of nitrogens with zero attached hydrogens (tertiary/aromatic N) is 2. The fourth-order valence-corrected chi connectivity index (χ4v) is 2.36. The van der Waals surface area contributed by atoms with Gasteiger partial charge < -0.3 is 5.32 Å². The minimum Gasteiger partial charge on any atom is -0.384 e. The highest BCUT2D eigenvalue weighted by atomic mass is 16.1. The van der Waals surface area contributed by atoms with Crippen molar-refractivity contribution in [2.45, 2.75) is 78.2 Å². The lowest BCUT2D eigenvalue weighted by atomic mass is 10.1. The van der Waals surface area contributed by atoms with Gasteiger partial charge in [-0.2, -0.15) is 5.10 Å². The lowest BCUT2D eigenvalue weighted by molar-refractivity contribution is 0.504. The number of rotatable bonds is 12. The van der Waals surface area contributed by atoms with E-state index in [0.717, 1.165) is 31.6 Å². The Kier molecular flexibility index (Phi) is 9.58. The molecule has 0 fully saturated rings. The number of hydrogen-bond donors (Lipinski definition) is 1. The summed E-state index contributed by atoms with van der Waals surface area (Å²) in [6.45, 7) is 5.96. The zero-order valence-corrected chi connectivity index (χ0v) is 13.7. The van der Waals surface area contributed by atoms with Gasteiger partial charge >= 0.3 is 0 Å². The van der Waals surface area contributed by atoms with Gasteiger partial charge in [0.05, 0.1) is 11.9 Å². The highest BCUT2D eigenvalue weighted by Crippen LogP contribution is 2.08. The largest absolute Gasteiger partial charge is 0.384 e. The summed E-state index contributed by atoms with van der Waals surface area (Å²) < 4.78 is 1.58. The molecule has 0 radical (unpaired) electrons. The summed E-state index contributed by atoms with van der Waals surface area (Å²) in [5.74, 6) is 0. The molecule has 4 nitrogen and oxygen atoms in total. The van der Waals surface area contributed by atoms with Gasteiger partial charge in [-0.25, -0.2) is 4.68 Å². The molecule has 0 aromatic carbocycles. The van der Waals surface area contributed by atoms with Crippen molar-refractivity contribution in [1.29, 1.82) is 0 Å². The van der Waals surface area contributed by atoms with E-state index in [1.54, 1.807) is 16.9 Å². The molecule has 0 saturated carbocycles. The summed E-state index contributed by atoms with van der Waals surface area (Å²) in [7, 11) is 0. The predicted octanol–water partition coefficient (Wildman–Crippen LogP) is 4.21. The number of nitrogens with one attached hydrogen (secondary N) is 1. The van der Waals surface area contributed by atoms with Crippen LogP contribution in [0.4, 0.5) is 5.69 Å². The molecular weight excluding hydrogens is 262 g/mol. The summed E-state index contributed by atoms with van der Waals surface area (Å²) in [4.78, 5) is 11.9. The van der Waals surface area contributed by atoms with Gasteiger partial charge in [-0.15, -0.1) is 0 Å². The molecule has 4 heteroatoms. The van der Waals surface area contributed by atoms with Gasteiger partial charge in [0.25, 0.3) is 5.56 Å². The average Bonchev–Trinajstić information content (AvgIpc) is 2.49. The number of aryl methyl sites for hydroxylation is 1. The Morgan fingerprint density at radius 2 is 1.67 bits per heavy atom. The molecule has 0 saturated heterocycles. The third kappa shape index (κ3) is 7.88. The lowest BCUT2D eigenvalue weighted by Gasteiger charge is -2.07. The van der Waals surface area contributed by atoms with Crippen LogP contribution >= 0.6 is 0 Å². The Balaban J connectivity index is 2.18. The normalized spacial score (nSPS) is 10.8. The molecule has 1 aromatic heterocycles. The molecule has 0 unspecified atom stereocenters. The smallest absolute Gasteiger partial charge is 0.268 e. The van der Waals surface area contributed by atoms with Gasteiger partial charge in [-0.05, 0) is 12.8 Å². The van der Waals surface area contributed by atoms with Crippen molar-refractivity contribution in [3.05, 3.63) is 22.6 Å². The first-order valence-electron chi connectivity index (χ1n) is 8.59. The molecule has 120 valence electrons. The van der Waals surface area contributed by atoms with Crippen LogP contribution in [0, 0.1) is 0 Å². The maximum absolute atomic E-state index is 11.9. The van der Waals surface area contributed by atoms with Gasteiger partial charge in [0.1, 0.15) is 0 Å². The maximum Gasteiger partial charge on any atom is 0.268 e. The van der Waals surface area contributed by atoms with Gasteiger partial charge in [-0.1, -0.05) is 58.8 Å². The molecule has 1 heterocycles. The molecule has 0 aliphatic carbocycles. The number of anilines is 1. The van der Waals surface area contributed by atoms with Crippen molar-refractivity contribution in [2.75, 3.05) is 11.9 Å². The summed E-state index contributed by atoms with van der Waals surface area (Å²) >= 11 is 0. The quantitative estimate of drug-likeness (QED) is 0.587. The molecule has 0 atom stereocenters. The minimum absolute atomic E-state index is 0.000881. The van der Waals surface area contributed by atoms with Crippen LogP contribution < -0.4 is 10.9 Å². The SMILES string of the molecule is CCCCCCCCCCn1ncc(NCCC)cc1=O. The Labute approximate surface area is 129 Å². The molecule has 0 spiro atoms. The van der Waals surface area contributed by atoms with Crippen molar-refractivity contribution < 1.29 is 0 Å². The van der Waals surface area contributed by atoms with E-state index in [-0.39, 0.29) is 5.56 Å². The standard InChI is InChI=1S/C17H31N3O/c1-3-5-6-7-8-9-10-11-13-20-17(21)14-16(15-19-20)18-12-4-2/h14-15,18H,3-13H2,1-2H3. The molecule has 0 aliphatic rings. The van der Waals surface area contributed by atoms with Crippen molar-refractivity contribution in [3.8, 4) is 0 Å². The first kappa shape index (κ1) is 17.7. The van der Waals surface area contributed by atoms with Gasteiger partial charge in [0.2, 0.25) is 0 Å². The molecule has 0 aliphatic heterocycles. The van der Waals surface area contributed by atoms with Crippen LogP contribution in [0.3, 0.4) is 0 Å². The second-order valence-electron chi connectivity index (χ2n) is 5.71. The Morgan fingerprint density at radius 3 is 2.29 bits per heavy atom. The monoisotopic (exact) mass is 293 g/mol. The van der Waals surface area contributed by atoms with Crippen LogP contribution in [-0.4, -0.2) is 16.3 Å². The molecule has 21 heavy (non-hydrogen) atoms. The van der Waals surface area contributed by atoms with Crippen molar-refractivity contribution in [2.24, 2.45) is 0 Å². The molecule has 1 aromatic rings. The van der Waals surface area contributed by atoms with Crippen LogP contribution in [-0.2, 0) is 6.54 Å². The molecule has 0 bridgehead atoms. The number of unbranched alkanes of at least 4 members (excludes halogenated alkanes) is 7. The maximum atomic E-state index is 11.9. The van der Waals surface area contributed by atoms with Crippen LogP contribution in [0.1, 0.15) is 71.6 Å². The first-order chi connectivity index (χ1) is 10.3. The summed E-state index contributed by atoms with van der Waals surface area (Å²) in [5, 5.41) is 7.42. The van der Waals surface area contributed by atoms with Crippen molar-refractivity contribution in [1.82, 2.24) is 9.78 Å². The van der Waals surface area contributed by atoms with E-state index in [2.05, 4.69) is 24.3 Å². The molecule has 1 rings (SSSR count). The fourth-order valence-electron chi connectivity index (χ4n) is 2.36. The highest BCUT2D eigenvalue weighted by molar-refractivity contribution is 5.38. The third-order valence-electron chi connectivity index (χ3n) is 3.67. The van der Waals surface area contributed by atoms with Crippen LogP contribution in [0.5, 0.6) is 0 Å². The van der Waals surface area contributed by atoms with Gasteiger partial charge in [0, 0.05) is 19.2 Å². The first-order valence-corrected chi connectivity index (χ1v) is 8.59. The number of aromatic nitrogens is 2. The molecule has 0 amide bonds. The van der Waals surface area contributed by atoms with E-state index in [9.17, 15) is 4.79 Å². The van der Waals surface area contributed by atoms with Crippen molar-refractivity contribution >= 4 is 5.69 Å². The zero-order chi connectivity index (χ0) is 15.3. The molecular formula is C17H31N3O. The third-order valence-corrected chi connectivity index (χ3v) is 3.67. The topological polar surface area (TPSA) is 46.9 Å². The second kappa shape index (κ2) is 11.4. The second-order valence-corrected chi connectivity index (χ2v) is 5.71.